The summed E-state index contributed by atoms with van der Waals surface area (Å²) in [7, 11) is 0. The second-order valence-electron chi connectivity index (χ2n) is 7.70. The molecule has 1 fully saturated rings. The van der Waals surface area contributed by atoms with Gasteiger partial charge in [0.15, 0.2) is 0 Å². The van der Waals surface area contributed by atoms with Crippen LogP contribution in [-0.2, 0) is 9.53 Å². The van der Waals surface area contributed by atoms with Crippen molar-refractivity contribution in [3.05, 3.63) is 41.5 Å². The van der Waals surface area contributed by atoms with E-state index in [9.17, 15) is 9.18 Å². The summed E-state index contributed by atoms with van der Waals surface area (Å²) in [6, 6.07) is 6.32. The molecule has 0 aromatic heterocycles. The van der Waals surface area contributed by atoms with Gasteiger partial charge in [-0.25, -0.2) is 4.39 Å². The third-order valence-electron chi connectivity index (χ3n) is 5.43. The minimum Gasteiger partial charge on any atom is -0.463 e. The summed E-state index contributed by atoms with van der Waals surface area (Å²) >= 11 is 4.07. The minimum atomic E-state index is -0.743. The van der Waals surface area contributed by atoms with Crippen molar-refractivity contribution >= 4 is 40.3 Å². The number of alkyl halides is 2. The summed E-state index contributed by atoms with van der Waals surface area (Å²) in [5.74, 6) is 1.01. The molecule has 0 bridgehead atoms. The molecular formula is C23H32FIO3S. The van der Waals surface area contributed by atoms with Crippen molar-refractivity contribution in [2.75, 3.05) is 19.0 Å². The van der Waals surface area contributed by atoms with Gasteiger partial charge in [-0.15, -0.1) is 11.8 Å². The zero-order valence-corrected chi connectivity index (χ0v) is 20.3. The van der Waals surface area contributed by atoms with Gasteiger partial charge in [0.05, 0.1) is 6.61 Å². The van der Waals surface area contributed by atoms with E-state index in [4.69, 9.17) is 9.84 Å². The highest BCUT2D eigenvalue weighted by Gasteiger charge is 2.41. The van der Waals surface area contributed by atoms with Crippen LogP contribution in [0.5, 0.6) is 0 Å². The van der Waals surface area contributed by atoms with Crippen LogP contribution in [0.1, 0.15) is 43.2 Å². The number of benzene rings is 1. The van der Waals surface area contributed by atoms with E-state index in [1.54, 1.807) is 11.8 Å². The van der Waals surface area contributed by atoms with Crippen LogP contribution in [0.15, 0.2) is 35.2 Å². The monoisotopic (exact) mass is 534 g/mol. The van der Waals surface area contributed by atoms with Gasteiger partial charge in [0.2, 0.25) is 0 Å². The molecule has 4 atom stereocenters. The third kappa shape index (κ3) is 7.87. The first-order valence-corrected chi connectivity index (χ1v) is 12.6. The largest absolute Gasteiger partial charge is 0.463 e. The zero-order chi connectivity index (χ0) is 21.2. The fourth-order valence-corrected chi connectivity index (χ4v) is 6.41. The maximum Gasteiger partial charge on any atom is 0.305 e. The van der Waals surface area contributed by atoms with Gasteiger partial charge in [0.25, 0.3) is 0 Å². The first kappa shape index (κ1) is 24.7. The maximum atomic E-state index is 14.8. The Hall–Kier alpha value is -0.600. The number of rotatable bonds is 11. The summed E-state index contributed by atoms with van der Waals surface area (Å²) in [6.45, 7) is 4.18. The number of aryl methyl sites for hydroxylation is 2. The van der Waals surface area contributed by atoms with Crippen LogP contribution in [-0.4, -0.2) is 40.1 Å². The average molecular weight is 534 g/mol. The molecule has 3 nitrogen and oxygen atoms in total. The summed E-state index contributed by atoms with van der Waals surface area (Å²) in [4.78, 5) is 12.7. The smallest absolute Gasteiger partial charge is 0.305 e. The fourth-order valence-electron chi connectivity index (χ4n) is 3.81. The molecule has 0 heterocycles. The van der Waals surface area contributed by atoms with Gasteiger partial charge in [-0.3, -0.25) is 4.79 Å². The predicted molar refractivity (Wildman–Crippen MR) is 127 cm³/mol. The molecule has 0 saturated heterocycles. The molecule has 1 aromatic rings. The van der Waals surface area contributed by atoms with Gasteiger partial charge in [-0.1, -0.05) is 52.9 Å². The molecule has 1 aliphatic carbocycles. The SMILES string of the molecule is Cc1cccc(C)c1SC[C@H]1C(F)C(I)C[C@@H]1CC=CCCCC(=O)OCCO. The van der Waals surface area contributed by atoms with E-state index in [1.807, 2.05) is 0 Å². The lowest BCUT2D eigenvalue weighted by Crippen LogP contribution is -2.21. The number of ether oxygens (including phenoxy) is 1. The number of allylic oxidation sites excluding steroid dienone is 2. The van der Waals surface area contributed by atoms with E-state index in [-0.39, 0.29) is 29.0 Å². The first-order valence-electron chi connectivity index (χ1n) is 10.3. The van der Waals surface area contributed by atoms with Crippen LogP contribution in [0.4, 0.5) is 4.39 Å². The summed E-state index contributed by atoms with van der Waals surface area (Å²) in [6.07, 6.45) is 7.25. The summed E-state index contributed by atoms with van der Waals surface area (Å²) in [5.41, 5.74) is 2.53. The lowest BCUT2D eigenvalue weighted by molar-refractivity contribution is -0.144. The Morgan fingerprint density at radius 1 is 1.34 bits per heavy atom. The molecule has 1 aromatic carbocycles. The van der Waals surface area contributed by atoms with E-state index < -0.39 is 6.17 Å². The molecule has 0 spiro atoms. The van der Waals surface area contributed by atoms with Gasteiger partial charge in [-0.05, 0) is 56.6 Å². The standard InChI is InChI=1S/C23H32FIO3S/c1-16-8-7-9-17(2)23(16)29-15-19-18(14-20(25)22(19)24)10-5-3-4-6-11-21(27)28-13-12-26/h3,5,7-9,18-20,22,26H,4,6,10-15H2,1-2H3/t18-,19+,20?,22?/m0/s1. The Labute approximate surface area is 192 Å². The van der Waals surface area contributed by atoms with E-state index >= 15 is 0 Å². The molecular weight excluding hydrogens is 502 g/mol. The van der Waals surface area contributed by atoms with Crippen molar-refractivity contribution in [1.29, 1.82) is 0 Å². The van der Waals surface area contributed by atoms with Gasteiger partial charge < -0.3 is 9.84 Å². The van der Waals surface area contributed by atoms with Gasteiger partial charge in [-0.2, -0.15) is 0 Å². The molecule has 2 unspecified atom stereocenters. The van der Waals surface area contributed by atoms with Gasteiger partial charge in [0.1, 0.15) is 12.8 Å². The van der Waals surface area contributed by atoms with Crippen molar-refractivity contribution in [2.45, 2.75) is 60.9 Å². The predicted octanol–water partition coefficient (Wildman–Crippen LogP) is 5.83. The Morgan fingerprint density at radius 3 is 2.76 bits per heavy atom. The van der Waals surface area contributed by atoms with Crippen molar-refractivity contribution in [3.63, 3.8) is 0 Å². The highest BCUT2D eigenvalue weighted by molar-refractivity contribution is 14.1. The van der Waals surface area contributed by atoms with Gasteiger partial charge in [0, 0.05) is 26.9 Å². The Bertz CT molecular complexity index is 662. The lowest BCUT2D eigenvalue weighted by Gasteiger charge is -2.21. The van der Waals surface area contributed by atoms with E-state index in [0.717, 1.165) is 31.4 Å². The number of hydrogen-bond acceptors (Lipinski definition) is 4. The first-order chi connectivity index (χ1) is 13.9. The number of esters is 1. The Balaban J connectivity index is 1.80. The van der Waals surface area contributed by atoms with Crippen molar-refractivity contribution in [2.24, 2.45) is 11.8 Å². The number of aliphatic hydroxyl groups excluding tert-OH is 1. The number of hydrogen-bond donors (Lipinski definition) is 1. The highest BCUT2D eigenvalue weighted by Crippen LogP contribution is 2.44. The lowest BCUT2D eigenvalue weighted by atomic mass is 9.93. The van der Waals surface area contributed by atoms with Crippen LogP contribution >= 0.6 is 34.4 Å². The molecule has 0 radical (unpaired) electrons. The summed E-state index contributed by atoms with van der Waals surface area (Å²) in [5, 5.41) is 8.63. The number of carbonyl (C=O) groups is 1. The minimum absolute atomic E-state index is 0.0691. The number of thioether (sulfide) groups is 1. The quantitative estimate of drug-likeness (QED) is 0.0970. The topological polar surface area (TPSA) is 46.5 Å². The van der Waals surface area contributed by atoms with E-state index in [0.29, 0.717) is 12.3 Å². The van der Waals surface area contributed by atoms with Crippen LogP contribution in [0.3, 0.4) is 0 Å². The van der Waals surface area contributed by atoms with E-state index in [1.165, 1.54) is 16.0 Å². The molecule has 1 saturated carbocycles. The molecule has 0 aliphatic heterocycles. The van der Waals surface area contributed by atoms with Crippen molar-refractivity contribution in [3.8, 4) is 0 Å². The third-order valence-corrected chi connectivity index (χ3v) is 8.11. The molecule has 2 rings (SSSR count). The van der Waals surface area contributed by atoms with E-state index in [2.05, 4.69) is 66.8 Å². The highest BCUT2D eigenvalue weighted by atomic mass is 127. The fraction of sp³-hybridized carbons (Fsp3) is 0.609. The number of unbranched alkanes of at least 4 members (excludes halogenated alkanes) is 1. The second-order valence-corrected chi connectivity index (χ2v) is 10.3. The van der Waals surface area contributed by atoms with Crippen LogP contribution in [0.25, 0.3) is 0 Å². The zero-order valence-electron chi connectivity index (χ0n) is 17.3. The molecule has 1 aliphatic rings. The Morgan fingerprint density at radius 2 is 2.07 bits per heavy atom. The van der Waals surface area contributed by atoms with Gasteiger partial charge >= 0.3 is 5.97 Å². The number of halogens is 2. The van der Waals surface area contributed by atoms with Crippen molar-refractivity contribution in [1.82, 2.24) is 0 Å². The molecule has 29 heavy (non-hydrogen) atoms. The maximum absolute atomic E-state index is 14.8. The normalized spacial score (nSPS) is 24.3. The van der Waals surface area contributed by atoms with Crippen LogP contribution in [0.2, 0.25) is 0 Å². The number of aliphatic hydroxyl groups is 1. The van der Waals surface area contributed by atoms with Crippen LogP contribution in [0, 0.1) is 25.7 Å². The van der Waals surface area contributed by atoms with Crippen molar-refractivity contribution < 1.29 is 19.0 Å². The molecule has 162 valence electrons. The van der Waals surface area contributed by atoms with Crippen LogP contribution < -0.4 is 0 Å². The summed E-state index contributed by atoms with van der Waals surface area (Å²) < 4.78 is 19.8. The second kappa shape index (κ2) is 13.0. The Kier molecular flexibility index (Phi) is 11.0. The average Bonchev–Trinajstić information content (AvgIpc) is 2.96. The number of carbonyl (C=O) groups excluding carboxylic acids is 1. The molecule has 1 N–H and O–H groups in total. The molecule has 0 amide bonds. The molecule has 6 heteroatoms.